The van der Waals surface area contributed by atoms with Crippen molar-refractivity contribution in [2.75, 3.05) is 26.9 Å². The van der Waals surface area contributed by atoms with E-state index in [9.17, 15) is 0 Å². The normalized spacial score (nSPS) is 10.1. The minimum atomic E-state index is 0.213. The molecule has 0 bridgehead atoms. The van der Waals surface area contributed by atoms with Crippen LogP contribution in [0.25, 0.3) is 0 Å². The third kappa shape index (κ3) is 4.77. The maximum Gasteiger partial charge on any atom is 0.161 e. The second kappa shape index (κ2) is 8.55. The molecule has 0 saturated carbocycles. The quantitative estimate of drug-likeness (QED) is 0.518. The van der Waals surface area contributed by atoms with Gasteiger partial charge in [0.15, 0.2) is 11.5 Å². The number of aliphatic hydroxyl groups is 1. The molecule has 0 saturated heterocycles. The summed E-state index contributed by atoms with van der Waals surface area (Å²) in [6.07, 6.45) is 2.46. The van der Waals surface area contributed by atoms with Crippen molar-refractivity contribution in [3.8, 4) is 11.5 Å². The van der Waals surface area contributed by atoms with Gasteiger partial charge >= 0.3 is 0 Å². The van der Waals surface area contributed by atoms with Crippen LogP contribution in [-0.4, -0.2) is 32.0 Å². The van der Waals surface area contributed by atoms with Crippen molar-refractivity contribution >= 4 is 0 Å². The predicted molar refractivity (Wildman–Crippen MR) is 72.1 cm³/mol. The van der Waals surface area contributed by atoms with E-state index >= 15 is 0 Å². The molecule has 0 aliphatic rings. The molecular formula is C14H21NO3. The molecule has 0 atom stereocenters. The number of nitrogens with one attached hydrogen (secondary N) is 1. The second-order valence-electron chi connectivity index (χ2n) is 3.84. The van der Waals surface area contributed by atoms with Gasteiger partial charge in [-0.3, -0.25) is 0 Å². The zero-order chi connectivity index (χ0) is 13.2. The van der Waals surface area contributed by atoms with E-state index in [1.807, 2.05) is 18.2 Å². The monoisotopic (exact) mass is 251 g/mol. The molecule has 0 unspecified atom stereocenters. The zero-order valence-corrected chi connectivity index (χ0v) is 10.8. The summed E-state index contributed by atoms with van der Waals surface area (Å²) in [6.45, 7) is 5.83. The fraction of sp³-hybridized carbons (Fsp3) is 0.429. The standard InChI is InChI=1S/C14H21NO3/c1-3-9-18-13-6-5-12(10-14(13)17-2)11-15-7-4-8-16/h3,5-6,10,15-16H,1,4,7-9,11H2,2H3. The van der Waals surface area contributed by atoms with Crippen LogP contribution in [-0.2, 0) is 6.54 Å². The van der Waals surface area contributed by atoms with Gasteiger partial charge in [-0.05, 0) is 30.7 Å². The van der Waals surface area contributed by atoms with Gasteiger partial charge in [-0.1, -0.05) is 18.7 Å². The minimum Gasteiger partial charge on any atom is -0.493 e. The average molecular weight is 251 g/mol. The topological polar surface area (TPSA) is 50.7 Å². The lowest BCUT2D eigenvalue weighted by molar-refractivity contribution is 0.286. The number of methoxy groups -OCH3 is 1. The Morgan fingerprint density at radius 1 is 1.39 bits per heavy atom. The summed E-state index contributed by atoms with van der Waals surface area (Å²) < 4.78 is 10.8. The Kier molecular flexibility index (Phi) is 6.91. The molecule has 2 N–H and O–H groups in total. The number of hydrogen-bond acceptors (Lipinski definition) is 4. The molecule has 100 valence electrons. The average Bonchev–Trinajstić information content (AvgIpc) is 2.41. The van der Waals surface area contributed by atoms with Crippen molar-refractivity contribution in [3.63, 3.8) is 0 Å². The minimum absolute atomic E-state index is 0.213. The maximum absolute atomic E-state index is 8.68. The molecule has 0 aromatic heterocycles. The fourth-order valence-electron chi connectivity index (χ4n) is 1.53. The first kappa shape index (κ1) is 14.5. The highest BCUT2D eigenvalue weighted by atomic mass is 16.5. The van der Waals surface area contributed by atoms with Crippen molar-refractivity contribution in [3.05, 3.63) is 36.4 Å². The summed E-state index contributed by atoms with van der Waals surface area (Å²) in [5.41, 5.74) is 1.12. The van der Waals surface area contributed by atoms with Gasteiger partial charge in [-0.25, -0.2) is 0 Å². The molecule has 0 aliphatic heterocycles. The largest absolute Gasteiger partial charge is 0.493 e. The molecule has 0 amide bonds. The van der Waals surface area contributed by atoms with E-state index < -0.39 is 0 Å². The molecule has 0 radical (unpaired) electrons. The van der Waals surface area contributed by atoms with E-state index in [4.69, 9.17) is 14.6 Å². The molecule has 1 rings (SSSR count). The third-order valence-electron chi connectivity index (χ3n) is 2.43. The van der Waals surface area contributed by atoms with Gasteiger partial charge in [0.25, 0.3) is 0 Å². The summed E-state index contributed by atoms with van der Waals surface area (Å²) in [5.74, 6) is 1.44. The van der Waals surface area contributed by atoms with E-state index in [1.165, 1.54) is 0 Å². The van der Waals surface area contributed by atoms with Crippen LogP contribution in [0.5, 0.6) is 11.5 Å². The van der Waals surface area contributed by atoms with Gasteiger partial charge in [0.1, 0.15) is 6.61 Å². The number of hydrogen-bond donors (Lipinski definition) is 2. The first-order valence-corrected chi connectivity index (χ1v) is 6.04. The van der Waals surface area contributed by atoms with Crippen molar-refractivity contribution in [2.24, 2.45) is 0 Å². The van der Waals surface area contributed by atoms with Crippen LogP contribution >= 0.6 is 0 Å². The highest BCUT2D eigenvalue weighted by Crippen LogP contribution is 2.27. The molecule has 0 aliphatic carbocycles. The lowest BCUT2D eigenvalue weighted by Crippen LogP contribution is -2.15. The smallest absolute Gasteiger partial charge is 0.161 e. The molecule has 0 heterocycles. The van der Waals surface area contributed by atoms with E-state index in [0.717, 1.165) is 36.6 Å². The SMILES string of the molecule is C=CCOc1ccc(CNCCCO)cc1OC. The molecule has 0 fully saturated rings. The number of aliphatic hydroxyl groups excluding tert-OH is 1. The predicted octanol–water partition coefficient (Wildman–Crippen LogP) is 1.73. The fourth-order valence-corrected chi connectivity index (χ4v) is 1.53. The van der Waals surface area contributed by atoms with Crippen LogP contribution in [0.1, 0.15) is 12.0 Å². The van der Waals surface area contributed by atoms with Gasteiger partial charge in [0, 0.05) is 13.2 Å². The highest BCUT2D eigenvalue weighted by Gasteiger charge is 2.04. The van der Waals surface area contributed by atoms with Crippen LogP contribution in [0.15, 0.2) is 30.9 Å². The highest BCUT2D eigenvalue weighted by molar-refractivity contribution is 5.43. The first-order valence-electron chi connectivity index (χ1n) is 6.04. The summed E-state index contributed by atoms with van der Waals surface area (Å²) in [7, 11) is 1.62. The van der Waals surface area contributed by atoms with E-state index in [0.29, 0.717) is 6.61 Å². The molecule has 0 spiro atoms. The van der Waals surface area contributed by atoms with Gasteiger partial charge < -0.3 is 19.9 Å². The Bertz CT molecular complexity index is 366. The molecular weight excluding hydrogens is 230 g/mol. The van der Waals surface area contributed by atoms with E-state index in [-0.39, 0.29) is 6.61 Å². The maximum atomic E-state index is 8.68. The van der Waals surface area contributed by atoms with E-state index in [1.54, 1.807) is 13.2 Å². The summed E-state index contributed by atoms with van der Waals surface area (Å²) in [4.78, 5) is 0. The summed E-state index contributed by atoms with van der Waals surface area (Å²) in [6, 6.07) is 5.84. The van der Waals surface area contributed by atoms with E-state index in [2.05, 4.69) is 11.9 Å². The first-order chi connectivity index (χ1) is 8.81. The van der Waals surface area contributed by atoms with Gasteiger partial charge in [-0.2, -0.15) is 0 Å². The van der Waals surface area contributed by atoms with Crippen molar-refractivity contribution in [2.45, 2.75) is 13.0 Å². The summed E-state index contributed by atoms with van der Waals surface area (Å²) >= 11 is 0. The Morgan fingerprint density at radius 3 is 2.89 bits per heavy atom. The van der Waals surface area contributed by atoms with Crippen molar-refractivity contribution < 1.29 is 14.6 Å². The van der Waals surface area contributed by atoms with Crippen LogP contribution in [0, 0.1) is 0 Å². The molecule has 1 aromatic rings. The Balaban J connectivity index is 2.57. The van der Waals surface area contributed by atoms with Crippen LogP contribution < -0.4 is 14.8 Å². The molecule has 1 aromatic carbocycles. The lowest BCUT2D eigenvalue weighted by Gasteiger charge is -2.11. The second-order valence-corrected chi connectivity index (χ2v) is 3.84. The molecule has 18 heavy (non-hydrogen) atoms. The number of ether oxygens (including phenoxy) is 2. The van der Waals surface area contributed by atoms with Crippen molar-refractivity contribution in [1.29, 1.82) is 0 Å². The Labute approximate surface area is 108 Å². The lowest BCUT2D eigenvalue weighted by atomic mass is 10.2. The zero-order valence-electron chi connectivity index (χ0n) is 10.8. The van der Waals surface area contributed by atoms with Crippen LogP contribution in [0.4, 0.5) is 0 Å². The van der Waals surface area contributed by atoms with Crippen LogP contribution in [0.3, 0.4) is 0 Å². The van der Waals surface area contributed by atoms with Gasteiger partial charge in [0.2, 0.25) is 0 Å². The number of rotatable bonds is 9. The van der Waals surface area contributed by atoms with Crippen molar-refractivity contribution in [1.82, 2.24) is 5.32 Å². The Hall–Kier alpha value is -1.52. The molecule has 4 heteroatoms. The van der Waals surface area contributed by atoms with Crippen LogP contribution in [0.2, 0.25) is 0 Å². The number of benzene rings is 1. The van der Waals surface area contributed by atoms with Gasteiger partial charge in [-0.15, -0.1) is 0 Å². The summed E-state index contributed by atoms with van der Waals surface area (Å²) in [5, 5.41) is 11.9. The van der Waals surface area contributed by atoms with Gasteiger partial charge in [0.05, 0.1) is 7.11 Å². The molecule has 4 nitrogen and oxygen atoms in total. The third-order valence-corrected chi connectivity index (χ3v) is 2.43. The Morgan fingerprint density at radius 2 is 2.22 bits per heavy atom.